The second-order valence-electron chi connectivity index (χ2n) is 18.4. The molecule has 3 nitrogen and oxygen atoms in total. The largest absolute Gasteiger partial charge is 0.340 e. The van der Waals surface area contributed by atoms with Gasteiger partial charge in [0.15, 0.2) is 0 Å². The molecule has 0 fully saturated rings. The Labute approximate surface area is 383 Å². The first-order chi connectivity index (χ1) is 30.1. The zero-order chi connectivity index (χ0) is 44.4. The minimum absolute atomic E-state index is 0.412. The summed E-state index contributed by atoms with van der Waals surface area (Å²) in [5, 5.41) is 0. The van der Waals surface area contributed by atoms with Gasteiger partial charge < -0.3 is 9.80 Å². The van der Waals surface area contributed by atoms with Crippen molar-refractivity contribution in [3.05, 3.63) is 72.9 Å². The van der Waals surface area contributed by atoms with Gasteiger partial charge >= 0.3 is 0 Å². The van der Waals surface area contributed by atoms with Crippen LogP contribution in [0, 0.1) is 0 Å². The molecule has 0 heterocycles. The van der Waals surface area contributed by atoms with Crippen LogP contribution >= 0.6 is 0 Å². The van der Waals surface area contributed by atoms with Crippen molar-refractivity contribution in [1.29, 1.82) is 0 Å². The van der Waals surface area contributed by atoms with Gasteiger partial charge in [0.2, 0.25) is 5.91 Å². The molecule has 1 atom stereocenters. The van der Waals surface area contributed by atoms with Gasteiger partial charge in [0, 0.05) is 19.0 Å². The van der Waals surface area contributed by atoms with E-state index in [1.165, 1.54) is 199 Å². The van der Waals surface area contributed by atoms with Crippen molar-refractivity contribution in [2.24, 2.45) is 0 Å². The molecular weight excluding hydrogens is 741 g/mol. The Balaban J connectivity index is 4.87. The molecule has 0 aromatic heterocycles. The molecule has 0 aliphatic heterocycles. The second kappa shape index (κ2) is 50.5. The average molecular weight is 847 g/mol. The number of amides is 1. The summed E-state index contributed by atoms with van der Waals surface area (Å²) >= 11 is 0. The first kappa shape index (κ1) is 58.9. The highest BCUT2D eigenvalue weighted by Gasteiger charge is 2.22. The monoisotopic (exact) mass is 847 g/mol. The molecular formula is C58H106N2O. The minimum Gasteiger partial charge on any atom is -0.340 e. The molecule has 1 amide bonds. The molecule has 0 saturated heterocycles. The Bertz CT molecular complexity index is 1060. The van der Waals surface area contributed by atoms with Crippen LogP contribution in [0.4, 0.5) is 0 Å². The maximum atomic E-state index is 14.0. The van der Waals surface area contributed by atoms with E-state index in [2.05, 4.69) is 118 Å². The SMILES string of the molecule is CCC/C=C\C/C=C\CCCCCCCCC(CCCCCCCC/C=C\C/C=C\CCCCC)N(CCCN(C)C)C(=O)CCCCCCC/C=C\C/C=C\CCCCC. The normalized spacial score (nSPS) is 13.0. The summed E-state index contributed by atoms with van der Waals surface area (Å²) < 4.78 is 0. The zero-order valence-electron chi connectivity index (χ0n) is 41.9. The fraction of sp³-hybridized carbons (Fsp3) is 0.776. The van der Waals surface area contributed by atoms with Crippen molar-refractivity contribution in [1.82, 2.24) is 9.80 Å². The second-order valence-corrected chi connectivity index (χ2v) is 18.4. The van der Waals surface area contributed by atoms with E-state index in [0.29, 0.717) is 11.9 Å². The number of allylic oxidation sites excluding steroid dienone is 12. The molecule has 0 saturated carbocycles. The third-order valence-corrected chi connectivity index (χ3v) is 12.1. The molecule has 0 aliphatic rings. The molecule has 0 spiro atoms. The van der Waals surface area contributed by atoms with E-state index in [1.54, 1.807) is 0 Å². The highest BCUT2D eigenvalue weighted by molar-refractivity contribution is 5.76. The molecule has 0 bridgehead atoms. The number of rotatable bonds is 47. The Morgan fingerprint density at radius 3 is 1.08 bits per heavy atom. The van der Waals surface area contributed by atoms with Gasteiger partial charge in [-0.25, -0.2) is 0 Å². The van der Waals surface area contributed by atoms with E-state index < -0.39 is 0 Å². The molecule has 61 heavy (non-hydrogen) atoms. The number of carbonyl (C=O) groups excluding carboxylic acids is 1. The lowest BCUT2D eigenvalue weighted by Gasteiger charge is -2.33. The predicted octanol–water partition coefficient (Wildman–Crippen LogP) is 18.6. The summed E-state index contributed by atoms with van der Waals surface area (Å²) in [6.45, 7) is 8.75. The van der Waals surface area contributed by atoms with Crippen LogP contribution in [-0.2, 0) is 4.79 Å². The number of hydrogen-bond donors (Lipinski definition) is 0. The maximum absolute atomic E-state index is 14.0. The van der Waals surface area contributed by atoms with Crippen molar-refractivity contribution < 1.29 is 4.79 Å². The minimum atomic E-state index is 0.412. The lowest BCUT2D eigenvalue weighted by molar-refractivity contribution is -0.134. The van der Waals surface area contributed by atoms with Crippen LogP contribution in [0.5, 0.6) is 0 Å². The Morgan fingerprint density at radius 1 is 0.361 bits per heavy atom. The van der Waals surface area contributed by atoms with E-state index in [4.69, 9.17) is 0 Å². The predicted molar refractivity (Wildman–Crippen MR) is 277 cm³/mol. The van der Waals surface area contributed by atoms with Gasteiger partial charge in [0.05, 0.1) is 0 Å². The topological polar surface area (TPSA) is 23.6 Å². The maximum Gasteiger partial charge on any atom is 0.222 e. The quantitative estimate of drug-likeness (QED) is 0.0450. The first-order valence-electron chi connectivity index (χ1n) is 26.9. The van der Waals surface area contributed by atoms with Gasteiger partial charge in [-0.1, -0.05) is 209 Å². The highest BCUT2D eigenvalue weighted by atomic mass is 16.2. The molecule has 0 radical (unpaired) electrons. The van der Waals surface area contributed by atoms with E-state index >= 15 is 0 Å². The lowest BCUT2D eigenvalue weighted by atomic mass is 9.97. The number of unbranched alkanes of at least 4 members (excludes halogenated alkanes) is 24. The van der Waals surface area contributed by atoms with Crippen molar-refractivity contribution in [3.63, 3.8) is 0 Å². The summed E-state index contributed by atoms with van der Waals surface area (Å²) in [6.07, 6.45) is 73.9. The Hall–Kier alpha value is -2.13. The average Bonchev–Trinajstić information content (AvgIpc) is 3.25. The van der Waals surface area contributed by atoms with E-state index in [1.807, 2.05) is 0 Å². The van der Waals surface area contributed by atoms with Gasteiger partial charge in [-0.2, -0.15) is 0 Å². The fourth-order valence-corrected chi connectivity index (χ4v) is 8.15. The smallest absolute Gasteiger partial charge is 0.222 e. The molecule has 1 unspecified atom stereocenters. The van der Waals surface area contributed by atoms with Gasteiger partial charge in [0.1, 0.15) is 0 Å². The molecule has 0 aliphatic carbocycles. The molecule has 0 rings (SSSR count). The third kappa shape index (κ3) is 45.7. The van der Waals surface area contributed by atoms with Crippen LogP contribution in [0.3, 0.4) is 0 Å². The molecule has 0 aromatic rings. The Morgan fingerprint density at radius 2 is 0.705 bits per heavy atom. The van der Waals surface area contributed by atoms with Crippen molar-refractivity contribution in [2.75, 3.05) is 27.2 Å². The van der Waals surface area contributed by atoms with Crippen LogP contribution in [0.1, 0.15) is 258 Å². The molecule has 354 valence electrons. The third-order valence-electron chi connectivity index (χ3n) is 12.1. The summed E-state index contributed by atoms with van der Waals surface area (Å²) in [7, 11) is 4.33. The van der Waals surface area contributed by atoms with Gasteiger partial charge in [0.25, 0.3) is 0 Å². The summed E-state index contributed by atoms with van der Waals surface area (Å²) in [4.78, 5) is 18.7. The first-order valence-corrected chi connectivity index (χ1v) is 26.9. The van der Waals surface area contributed by atoms with Gasteiger partial charge in [-0.15, -0.1) is 0 Å². The zero-order valence-corrected chi connectivity index (χ0v) is 41.9. The van der Waals surface area contributed by atoms with Crippen LogP contribution in [-0.4, -0.2) is 48.9 Å². The van der Waals surface area contributed by atoms with Crippen LogP contribution < -0.4 is 0 Å². The van der Waals surface area contributed by atoms with E-state index in [0.717, 1.165) is 51.6 Å². The van der Waals surface area contributed by atoms with Crippen molar-refractivity contribution >= 4 is 5.91 Å². The molecule has 3 heteroatoms. The van der Waals surface area contributed by atoms with Gasteiger partial charge in [-0.05, 0) is 136 Å². The number of hydrogen-bond acceptors (Lipinski definition) is 2. The summed E-state index contributed by atoms with van der Waals surface area (Å²) in [5.41, 5.74) is 0. The van der Waals surface area contributed by atoms with Gasteiger partial charge in [-0.3, -0.25) is 4.79 Å². The fourth-order valence-electron chi connectivity index (χ4n) is 8.15. The van der Waals surface area contributed by atoms with Crippen molar-refractivity contribution in [2.45, 2.75) is 264 Å². The highest BCUT2D eigenvalue weighted by Crippen LogP contribution is 2.22. The van der Waals surface area contributed by atoms with Crippen molar-refractivity contribution in [3.8, 4) is 0 Å². The number of carbonyl (C=O) groups is 1. The lowest BCUT2D eigenvalue weighted by Crippen LogP contribution is -2.41. The standard InChI is InChI=1S/C58H106N2O/c1-6-9-12-15-18-21-24-27-30-32-34-37-40-43-46-49-53-57(52-48-45-42-39-36-33-29-26-23-20-17-14-11-8-3)60(56-51-55-59(4)5)58(61)54-50-47-44-41-38-35-31-28-25-22-19-16-13-10-7-2/h14,17-19,21-23,26-28,30-31,57H,6-13,15-16,20,24-25,29,32-56H2,1-5H3/b17-14-,21-18-,22-19-,26-23-,30-27-,31-28-. The Kier molecular flexibility index (Phi) is 48.8. The van der Waals surface area contributed by atoms with Crippen LogP contribution in [0.15, 0.2) is 72.9 Å². The summed E-state index contributed by atoms with van der Waals surface area (Å²) in [6, 6.07) is 0.412. The van der Waals surface area contributed by atoms with Crippen LogP contribution in [0.25, 0.3) is 0 Å². The van der Waals surface area contributed by atoms with Crippen LogP contribution in [0.2, 0.25) is 0 Å². The number of nitrogens with zero attached hydrogens (tertiary/aromatic N) is 2. The van der Waals surface area contributed by atoms with E-state index in [-0.39, 0.29) is 0 Å². The van der Waals surface area contributed by atoms with E-state index in [9.17, 15) is 4.79 Å². The summed E-state index contributed by atoms with van der Waals surface area (Å²) in [5.74, 6) is 0.434. The molecule has 0 N–H and O–H groups in total. The molecule has 0 aromatic carbocycles.